The second kappa shape index (κ2) is 11.6. The molecule has 14 heteroatoms. The molecule has 0 aliphatic carbocycles. The molecule has 1 rings (SSSR count). The number of nitrogens with zero attached hydrogens (tertiary/aromatic N) is 3. The standard InChI is InChI=1S/C16H22N4O10/c1-7(21)26-6-11-14(27-8(2)22)15(28-9(3)23)13(16(30-11)29-10(4)24)19-12(25)5-18-20-17/h11,13-16H,5-6H2,1-4H3,(H,19,25)/t11?,13?,14-,15?,16?/m1/s1. The van der Waals surface area contributed by atoms with Gasteiger partial charge in [-0.05, 0) is 5.53 Å². The van der Waals surface area contributed by atoms with E-state index in [4.69, 9.17) is 29.2 Å². The Morgan fingerprint density at radius 1 is 0.933 bits per heavy atom. The molecule has 1 amide bonds. The fourth-order valence-corrected chi connectivity index (χ4v) is 2.65. The molecule has 166 valence electrons. The van der Waals surface area contributed by atoms with E-state index in [1.54, 1.807) is 0 Å². The van der Waals surface area contributed by atoms with Crippen LogP contribution in [0.4, 0.5) is 0 Å². The highest BCUT2D eigenvalue weighted by molar-refractivity contribution is 5.79. The quantitative estimate of drug-likeness (QED) is 0.172. The minimum Gasteiger partial charge on any atom is -0.463 e. The van der Waals surface area contributed by atoms with Gasteiger partial charge in [-0.25, -0.2) is 0 Å². The minimum absolute atomic E-state index is 0.428. The Balaban J connectivity index is 3.33. The van der Waals surface area contributed by atoms with E-state index in [0.717, 1.165) is 27.7 Å². The molecular weight excluding hydrogens is 408 g/mol. The van der Waals surface area contributed by atoms with Crippen molar-refractivity contribution in [1.29, 1.82) is 0 Å². The van der Waals surface area contributed by atoms with Crippen molar-refractivity contribution in [3.05, 3.63) is 10.4 Å². The second-order valence-electron chi connectivity index (χ2n) is 6.09. The van der Waals surface area contributed by atoms with Crippen LogP contribution in [0.15, 0.2) is 5.11 Å². The van der Waals surface area contributed by atoms with Crippen LogP contribution < -0.4 is 5.32 Å². The number of esters is 4. The van der Waals surface area contributed by atoms with E-state index in [-0.39, 0.29) is 0 Å². The van der Waals surface area contributed by atoms with Crippen molar-refractivity contribution in [3.8, 4) is 0 Å². The van der Waals surface area contributed by atoms with Crippen molar-refractivity contribution in [3.63, 3.8) is 0 Å². The highest BCUT2D eigenvalue weighted by Crippen LogP contribution is 2.28. The second-order valence-corrected chi connectivity index (χ2v) is 6.09. The van der Waals surface area contributed by atoms with Crippen LogP contribution in [0.1, 0.15) is 27.7 Å². The lowest BCUT2D eigenvalue weighted by Gasteiger charge is -2.44. The summed E-state index contributed by atoms with van der Waals surface area (Å²) in [6.45, 7) is 3.32. The number of carbonyl (C=O) groups excluding carboxylic acids is 5. The van der Waals surface area contributed by atoms with Gasteiger partial charge in [0.05, 0.1) is 0 Å². The summed E-state index contributed by atoms with van der Waals surface area (Å²) in [6, 6.07) is -1.34. The molecule has 30 heavy (non-hydrogen) atoms. The molecule has 0 aromatic heterocycles. The summed E-state index contributed by atoms with van der Waals surface area (Å²) in [5.74, 6) is -3.86. The molecule has 1 aliphatic heterocycles. The van der Waals surface area contributed by atoms with Crippen LogP contribution in [-0.4, -0.2) is 73.6 Å². The molecule has 1 heterocycles. The molecule has 0 aromatic carbocycles. The Hall–Kier alpha value is -3.38. The number of azide groups is 1. The van der Waals surface area contributed by atoms with Crippen LogP contribution in [0.3, 0.4) is 0 Å². The third-order valence-electron chi connectivity index (χ3n) is 3.59. The molecule has 0 aromatic rings. The molecule has 0 saturated carbocycles. The molecular formula is C16H22N4O10. The van der Waals surface area contributed by atoms with Gasteiger partial charge in [0.15, 0.2) is 12.2 Å². The summed E-state index contributed by atoms with van der Waals surface area (Å²) >= 11 is 0. The van der Waals surface area contributed by atoms with E-state index in [1.807, 2.05) is 0 Å². The van der Waals surface area contributed by atoms with Gasteiger partial charge in [-0.3, -0.25) is 24.0 Å². The Morgan fingerprint density at radius 3 is 2.00 bits per heavy atom. The van der Waals surface area contributed by atoms with Gasteiger partial charge in [0.25, 0.3) is 0 Å². The lowest BCUT2D eigenvalue weighted by Crippen LogP contribution is -2.67. The van der Waals surface area contributed by atoms with Crippen molar-refractivity contribution in [2.75, 3.05) is 13.2 Å². The smallest absolute Gasteiger partial charge is 0.305 e. The van der Waals surface area contributed by atoms with Crippen molar-refractivity contribution in [2.24, 2.45) is 5.11 Å². The number of carbonyl (C=O) groups is 5. The van der Waals surface area contributed by atoms with Gasteiger partial charge in [0, 0.05) is 32.6 Å². The Bertz CT molecular complexity index is 736. The Labute approximate surface area is 170 Å². The minimum atomic E-state index is -1.51. The van der Waals surface area contributed by atoms with E-state index in [9.17, 15) is 24.0 Å². The van der Waals surface area contributed by atoms with E-state index in [2.05, 4.69) is 15.3 Å². The molecule has 1 N–H and O–H groups in total. The van der Waals surface area contributed by atoms with Crippen LogP contribution in [0.2, 0.25) is 0 Å². The number of hydrogen-bond acceptors (Lipinski definition) is 11. The van der Waals surface area contributed by atoms with Gasteiger partial charge in [0.2, 0.25) is 12.2 Å². The fourth-order valence-electron chi connectivity index (χ4n) is 2.65. The highest BCUT2D eigenvalue weighted by Gasteiger charge is 2.52. The molecule has 1 aliphatic rings. The average molecular weight is 430 g/mol. The zero-order valence-corrected chi connectivity index (χ0v) is 16.7. The Kier molecular flexibility index (Phi) is 9.52. The van der Waals surface area contributed by atoms with Crippen LogP contribution in [0.25, 0.3) is 10.4 Å². The zero-order valence-electron chi connectivity index (χ0n) is 16.7. The first kappa shape index (κ1) is 24.7. The summed E-state index contributed by atoms with van der Waals surface area (Å²) in [4.78, 5) is 60.5. The Morgan fingerprint density at radius 2 is 1.50 bits per heavy atom. The van der Waals surface area contributed by atoms with E-state index < -0.39 is 73.6 Å². The molecule has 1 fully saturated rings. The molecule has 1 saturated heterocycles. The summed E-state index contributed by atoms with van der Waals surface area (Å²) < 4.78 is 25.9. The van der Waals surface area contributed by atoms with Gasteiger partial charge in [-0.1, -0.05) is 5.11 Å². The van der Waals surface area contributed by atoms with Gasteiger partial charge in [0.1, 0.15) is 25.3 Å². The zero-order chi connectivity index (χ0) is 22.8. The van der Waals surface area contributed by atoms with Gasteiger partial charge in [-0.2, -0.15) is 0 Å². The molecule has 0 radical (unpaired) electrons. The van der Waals surface area contributed by atoms with Crippen molar-refractivity contribution in [1.82, 2.24) is 5.32 Å². The molecule has 14 nitrogen and oxygen atoms in total. The maximum Gasteiger partial charge on any atom is 0.305 e. The maximum absolute atomic E-state index is 12.1. The number of ether oxygens (including phenoxy) is 5. The first-order valence-corrected chi connectivity index (χ1v) is 8.65. The van der Waals surface area contributed by atoms with Crippen molar-refractivity contribution >= 4 is 29.8 Å². The lowest BCUT2D eigenvalue weighted by molar-refractivity contribution is -0.271. The van der Waals surface area contributed by atoms with E-state index >= 15 is 0 Å². The first-order chi connectivity index (χ1) is 14.0. The largest absolute Gasteiger partial charge is 0.463 e. The summed E-state index contributed by atoms with van der Waals surface area (Å²) in [5, 5.41) is 5.48. The van der Waals surface area contributed by atoms with E-state index in [1.165, 1.54) is 0 Å². The topological polar surface area (TPSA) is 192 Å². The third kappa shape index (κ3) is 7.93. The SMILES string of the molecule is CC(=O)OCC1OC(OC(C)=O)C(NC(=O)CN=[N+]=[N-])C(OC(C)=O)[C@@H]1OC(C)=O. The van der Waals surface area contributed by atoms with Crippen molar-refractivity contribution < 1.29 is 47.7 Å². The molecule has 5 atom stereocenters. The third-order valence-corrected chi connectivity index (χ3v) is 3.59. The van der Waals surface area contributed by atoms with Crippen LogP contribution >= 0.6 is 0 Å². The first-order valence-electron chi connectivity index (χ1n) is 8.65. The summed E-state index contributed by atoms with van der Waals surface area (Å²) in [5.41, 5.74) is 8.36. The van der Waals surface area contributed by atoms with Gasteiger partial charge < -0.3 is 29.0 Å². The normalized spacial score (nSPS) is 25.1. The number of nitrogens with one attached hydrogen (secondary N) is 1. The highest BCUT2D eigenvalue weighted by atomic mass is 16.7. The average Bonchev–Trinajstić information content (AvgIpc) is 2.62. The predicted molar refractivity (Wildman–Crippen MR) is 94.1 cm³/mol. The lowest BCUT2D eigenvalue weighted by atomic mass is 9.96. The van der Waals surface area contributed by atoms with Crippen LogP contribution in [0, 0.1) is 0 Å². The number of amides is 1. The van der Waals surface area contributed by atoms with Crippen LogP contribution in [0.5, 0.6) is 0 Å². The van der Waals surface area contributed by atoms with E-state index in [0.29, 0.717) is 0 Å². The molecule has 0 bridgehead atoms. The molecule has 4 unspecified atom stereocenters. The molecule has 0 spiro atoms. The predicted octanol–water partition coefficient (Wildman–Crippen LogP) is -0.504. The summed E-state index contributed by atoms with van der Waals surface area (Å²) in [7, 11) is 0. The fraction of sp³-hybridized carbons (Fsp3) is 0.688. The van der Waals surface area contributed by atoms with Crippen LogP contribution in [-0.2, 0) is 47.7 Å². The van der Waals surface area contributed by atoms with Gasteiger partial charge >= 0.3 is 23.9 Å². The number of hydrogen-bond donors (Lipinski definition) is 1. The summed E-state index contributed by atoms with van der Waals surface area (Å²) in [6.07, 6.45) is -5.42. The maximum atomic E-state index is 12.1. The van der Waals surface area contributed by atoms with Gasteiger partial charge in [-0.15, -0.1) is 0 Å². The monoisotopic (exact) mass is 430 g/mol. The van der Waals surface area contributed by atoms with Crippen molar-refractivity contribution in [2.45, 2.75) is 58.3 Å². The number of rotatable bonds is 8.